The van der Waals surface area contributed by atoms with Gasteiger partial charge in [0, 0.05) is 38.8 Å². The first-order valence-electron chi connectivity index (χ1n) is 12.6. The van der Waals surface area contributed by atoms with Crippen molar-refractivity contribution in [2.75, 3.05) is 26.7 Å². The minimum Gasteiger partial charge on any atom is -0.489 e. The minimum atomic E-state index is -1.66. The number of ether oxygens (including phenoxy) is 2. The number of primary amides is 1. The van der Waals surface area contributed by atoms with Gasteiger partial charge in [-0.15, -0.1) is 0 Å². The summed E-state index contributed by atoms with van der Waals surface area (Å²) in [5.41, 5.74) is 4.06. The maximum atomic E-state index is 13.9. The van der Waals surface area contributed by atoms with Crippen molar-refractivity contribution in [1.82, 2.24) is 20.2 Å². The first-order chi connectivity index (χ1) is 18.9. The van der Waals surface area contributed by atoms with Crippen molar-refractivity contribution in [3.63, 3.8) is 0 Å². The van der Waals surface area contributed by atoms with Gasteiger partial charge in [0.05, 0.1) is 16.9 Å². The van der Waals surface area contributed by atoms with E-state index in [4.69, 9.17) is 26.8 Å². The number of benzene rings is 1. The predicted molar refractivity (Wildman–Crippen MR) is 145 cm³/mol. The van der Waals surface area contributed by atoms with E-state index in [1.165, 1.54) is 42.2 Å². The third-order valence-electron chi connectivity index (χ3n) is 6.87. The largest absolute Gasteiger partial charge is 0.489 e. The highest BCUT2D eigenvalue weighted by Gasteiger charge is 2.54. The molecule has 0 unspecified atom stereocenters. The highest BCUT2D eigenvalue weighted by atomic mass is 35.5. The zero-order chi connectivity index (χ0) is 29.1. The summed E-state index contributed by atoms with van der Waals surface area (Å²) in [5, 5.41) is 8.75. The standard InChI is InChI=1S/C27H31ClN6O6/c1-26(2,40-25(29)38)23(36)31-20(15-39-19-11-18(28)13-30-14-19)22(35)34-10-9-21-27(16-34,24(37)33(3)32-21)12-17-7-5-4-6-8-17/h4-8,11,13-14,20H,9-10,12,15-16H2,1-3H3,(H2,29,38)(H,31,36)/t20-,27-/m1/s1. The molecule has 0 bridgehead atoms. The van der Waals surface area contributed by atoms with Crippen molar-refractivity contribution in [3.05, 3.63) is 59.4 Å². The Hall–Kier alpha value is -4.19. The molecular formula is C27H31ClN6O6. The molecule has 2 aromatic rings. The van der Waals surface area contributed by atoms with Crippen LogP contribution >= 0.6 is 11.6 Å². The Morgan fingerprint density at radius 2 is 1.95 bits per heavy atom. The molecule has 0 aliphatic carbocycles. The van der Waals surface area contributed by atoms with Crippen molar-refractivity contribution >= 4 is 41.1 Å². The second-order valence-corrected chi connectivity index (χ2v) is 10.7. The Bertz CT molecular complexity index is 1340. The van der Waals surface area contributed by atoms with Gasteiger partial charge in [-0.05, 0) is 25.8 Å². The molecule has 3 heterocycles. The number of hydrazone groups is 1. The maximum Gasteiger partial charge on any atom is 0.405 e. The number of halogens is 1. The SMILES string of the molecule is CN1N=C2CCN(C(=O)[C@@H](COc3cncc(Cl)c3)NC(=O)C(C)(C)OC(N)=O)C[C@@]2(Cc2ccccc2)C1=O. The van der Waals surface area contributed by atoms with E-state index in [1.807, 2.05) is 30.3 Å². The number of carbonyl (C=O) groups excluding carboxylic acids is 4. The summed E-state index contributed by atoms with van der Waals surface area (Å²) in [5.74, 6) is -1.16. The quantitative estimate of drug-likeness (QED) is 0.465. The molecule has 0 radical (unpaired) electrons. The minimum absolute atomic E-state index is 0.0645. The highest BCUT2D eigenvalue weighted by molar-refractivity contribution is 6.30. The summed E-state index contributed by atoms with van der Waals surface area (Å²) in [6.07, 6.45) is 2.45. The number of aromatic nitrogens is 1. The fourth-order valence-corrected chi connectivity index (χ4v) is 5.05. The van der Waals surface area contributed by atoms with Crippen molar-refractivity contribution in [2.45, 2.75) is 38.3 Å². The van der Waals surface area contributed by atoms with Crippen molar-refractivity contribution < 1.29 is 28.7 Å². The maximum absolute atomic E-state index is 13.9. The molecule has 13 heteroatoms. The van der Waals surface area contributed by atoms with Crippen molar-refractivity contribution in [1.29, 1.82) is 0 Å². The van der Waals surface area contributed by atoms with Gasteiger partial charge < -0.3 is 25.4 Å². The molecule has 4 rings (SSSR count). The van der Waals surface area contributed by atoms with Gasteiger partial charge in [-0.3, -0.25) is 19.4 Å². The van der Waals surface area contributed by atoms with Gasteiger partial charge in [0.1, 0.15) is 23.8 Å². The number of carbonyl (C=O) groups is 4. The van der Waals surface area contributed by atoms with Gasteiger partial charge in [-0.2, -0.15) is 5.10 Å². The summed E-state index contributed by atoms with van der Waals surface area (Å²) in [6, 6.07) is 9.84. The fourth-order valence-electron chi connectivity index (χ4n) is 4.89. The van der Waals surface area contributed by atoms with E-state index in [0.29, 0.717) is 23.6 Å². The number of hydrogen-bond donors (Lipinski definition) is 2. The smallest absolute Gasteiger partial charge is 0.405 e. The first-order valence-corrected chi connectivity index (χ1v) is 13.0. The number of rotatable bonds is 9. The van der Waals surface area contributed by atoms with Crippen LogP contribution in [0.5, 0.6) is 5.75 Å². The summed E-state index contributed by atoms with van der Waals surface area (Å²) in [7, 11) is 1.60. The second-order valence-electron chi connectivity index (χ2n) is 10.2. The molecule has 2 atom stereocenters. The van der Waals surface area contributed by atoms with Gasteiger partial charge in [0.2, 0.25) is 5.91 Å². The van der Waals surface area contributed by atoms with E-state index in [9.17, 15) is 19.2 Å². The summed E-state index contributed by atoms with van der Waals surface area (Å²) >= 11 is 6.00. The predicted octanol–water partition coefficient (Wildman–Crippen LogP) is 1.76. The fraction of sp³-hybridized carbons (Fsp3) is 0.407. The number of nitrogens with one attached hydrogen (secondary N) is 1. The van der Waals surface area contributed by atoms with E-state index < -0.39 is 35.0 Å². The number of hydrogen-bond acceptors (Lipinski definition) is 8. The van der Waals surface area contributed by atoms with E-state index >= 15 is 0 Å². The zero-order valence-electron chi connectivity index (χ0n) is 22.4. The van der Waals surface area contributed by atoms with Gasteiger partial charge in [-0.25, -0.2) is 9.80 Å². The average Bonchev–Trinajstić information content (AvgIpc) is 3.14. The molecule has 0 saturated carbocycles. The zero-order valence-corrected chi connectivity index (χ0v) is 23.2. The molecule has 40 heavy (non-hydrogen) atoms. The molecule has 212 valence electrons. The Labute approximate surface area is 236 Å². The van der Waals surface area contributed by atoms with Crippen LogP contribution in [-0.4, -0.2) is 82.8 Å². The highest BCUT2D eigenvalue weighted by Crippen LogP contribution is 2.38. The molecular weight excluding hydrogens is 540 g/mol. The van der Waals surface area contributed by atoms with Gasteiger partial charge in [-0.1, -0.05) is 41.9 Å². The molecule has 1 saturated heterocycles. The third-order valence-corrected chi connectivity index (χ3v) is 7.08. The van der Waals surface area contributed by atoms with Crippen LogP contribution in [0, 0.1) is 5.41 Å². The second kappa shape index (κ2) is 11.5. The molecule has 4 amide bonds. The van der Waals surface area contributed by atoms with Crippen molar-refractivity contribution in [2.24, 2.45) is 16.3 Å². The lowest BCUT2D eigenvalue weighted by Gasteiger charge is -2.40. The third kappa shape index (κ3) is 6.17. The molecule has 1 aromatic heterocycles. The van der Waals surface area contributed by atoms with E-state index in [2.05, 4.69) is 15.4 Å². The molecule has 12 nitrogen and oxygen atoms in total. The number of likely N-dealkylation sites (tertiary alicyclic amines) is 1. The van der Waals surface area contributed by atoms with E-state index in [1.54, 1.807) is 7.05 Å². The Balaban J connectivity index is 1.60. The Morgan fingerprint density at radius 3 is 2.62 bits per heavy atom. The lowest BCUT2D eigenvalue weighted by Crippen LogP contribution is -2.61. The van der Waals surface area contributed by atoms with Crippen LogP contribution in [-0.2, 0) is 25.5 Å². The summed E-state index contributed by atoms with van der Waals surface area (Å²) in [6.45, 7) is 2.76. The lowest BCUT2D eigenvalue weighted by atomic mass is 9.73. The number of nitrogens with zero attached hydrogens (tertiary/aromatic N) is 4. The number of amides is 4. The number of nitrogens with two attached hydrogens (primary N) is 1. The summed E-state index contributed by atoms with van der Waals surface area (Å²) in [4.78, 5) is 57.3. The Kier molecular flexibility index (Phi) is 8.29. The van der Waals surface area contributed by atoms with Crippen LogP contribution < -0.4 is 15.8 Å². The molecule has 1 aromatic carbocycles. The molecule has 2 aliphatic heterocycles. The van der Waals surface area contributed by atoms with Gasteiger partial charge in [0.25, 0.3) is 11.8 Å². The van der Waals surface area contributed by atoms with E-state index in [-0.39, 0.29) is 31.4 Å². The Morgan fingerprint density at radius 1 is 1.23 bits per heavy atom. The average molecular weight is 571 g/mol. The van der Waals surface area contributed by atoms with Crippen LogP contribution in [0.25, 0.3) is 0 Å². The molecule has 1 fully saturated rings. The molecule has 2 aliphatic rings. The number of pyridine rings is 1. The number of piperidine rings is 1. The summed E-state index contributed by atoms with van der Waals surface area (Å²) < 4.78 is 10.7. The van der Waals surface area contributed by atoms with Crippen molar-refractivity contribution in [3.8, 4) is 5.75 Å². The lowest BCUT2D eigenvalue weighted by molar-refractivity contribution is -0.145. The molecule has 0 spiro atoms. The van der Waals surface area contributed by atoms with Crippen LogP contribution in [0.3, 0.4) is 0 Å². The van der Waals surface area contributed by atoms with E-state index in [0.717, 1.165) is 5.56 Å². The van der Waals surface area contributed by atoms with Gasteiger partial charge >= 0.3 is 6.09 Å². The van der Waals surface area contributed by atoms with Crippen LogP contribution in [0.4, 0.5) is 4.79 Å². The van der Waals surface area contributed by atoms with Crippen LogP contribution in [0.2, 0.25) is 5.02 Å². The monoisotopic (exact) mass is 570 g/mol. The normalized spacial score (nSPS) is 19.4. The van der Waals surface area contributed by atoms with Gasteiger partial charge in [0.15, 0.2) is 5.60 Å². The molecule has 3 N–H and O–H groups in total. The van der Waals surface area contributed by atoms with Crippen LogP contribution in [0.1, 0.15) is 25.8 Å². The topological polar surface area (TPSA) is 157 Å². The number of fused-ring (bicyclic) bond motifs is 1. The van der Waals surface area contributed by atoms with Crippen LogP contribution in [0.15, 0.2) is 53.9 Å². The first kappa shape index (κ1) is 28.8.